The van der Waals surface area contributed by atoms with Gasteiger partial charge in [-0.1, -0.05) is 49.1 Å². The molecule has 0 aliphatic carbocycles. The molecule has 0 heterocycles. The van der Waals surface area contributed by atoms with Crippen LogP contribution in [0.4, 0.5) is 0 Å². The average Bonchev–Trinajstić information content (AvgIpc) is 2.71. The zero-order valence-corrected chi connectivity index (χ0v) is 17.2. The van der Waals surface area contributed by atoms with Crippen molar-refractivity contribution in [3.05, 3.63) is 84.5 Å². The number of carbonyl (C=O) groups is 2. The maximum atomic E-state index is 12.3. The first kappa shape index (κ1) is 20.9. The Kier molecular flexibility index (Phi) is 6.02. The van der Waals surface area contributed by atoms with Crippen molar-refractivity contribution in [1.82, 2.24) is 0 Å². The quantitative estimate of drug-likeness (QED) is 0.292. The molecule has 3 aromatic rings. The first-order valence-corrected chi connectivity index (χ1v) is 9.32. The minimum atomic E-state index is -0.582. The van der Waals surface area contributed by atoms with E-state index in [4.69, 9.17) is 14.2 Å². The van der Waals surface area contributed by atoms with Gasteiger partial charge < -0.3 is 14.2 Å². The van der Waals surface area contributed by atoms with Crippen LogP contribution in [-0.2, 0) is 9.59 Å². The smallest absolute Gasteiger partial charge is 0.338 e. The molecule has 3 rings (SSSR count). The lowest BCUT2D eigenvalue weighted by Crippen LogP contribution is -2.11. The maximum Gasteiger partial charge on any atom is 0.338 e. The molecule has 0 spiro atoms. The molecule has 152 valence electrons. The second-order valence-electron chi connectivity index (χ2n) is 7.01. The molecule has 0 bridgehead atoms. The third-order valence-electron chi connectivity index (χ3n) is 4.24. The van der Waals surface area contributed by atoms with Gasteiger partial charge in [-0.05, 0) is 39.0 Å². The van der Waals surface area contributed by atoms with Gasteiger partial charge in [0.15, 0.2) is 11.5 Å². The number of hydrogen-bond donors (Lipinski definition) is 0. The lowest BCUT2D eigenvalue weighted by molar-refractivity contribution is -0.131. The van der Waals surface area contributed by atoms with E-state index in [9.17, 15) is 9.59 Å². The van der Waals surface area contributed by atoms with E-state index in [1.165, 1.54) is 6.07 Å². The number of aryl methyl sites for hydroxylation is 1. The molecule has 5 nitrogen and oxygen atoms in total. The Morgan fingerprint density at radius 2 is 1.40 bits per heavy atom. The van der Waals surface area contributed by atoms with E-state index in [0.717, 1.165) is 5.56 Å². The average molecular weight is 402 g/mol. The van der Waals surface area contributed by atoms with E-state index >= 15 is 0 Å². The van der Waals surface area contributed by atoms with Crippen LogP contribution in [0.15, 0.2) is 78.9 Å². The summed E-state index contributed by atoms with van der Waals surface area (Å²) in [4.78, 5) is 24.5. The van der Waals surface area contributed by atoms with Gasteiger partial charge in [0.05, 0.1) is 0 Å². The summed E-state index contributed by atoms with van der Waals surface area (Å²) >= 11 is 0. The molecule has 0 fully saturated rings. The molecule has 0 saturated heterocycles. The lowest BCUT2D eigenvalue weighted by Gasteiger charge is -2.17. The van der Waals surface area contributed by atoms with Gasteiger partial charge in [-0.15, -0.1) is 0 Å². The topological polar surface area (TPSA) is 61.8 Å². The molecule has 0 aromatic heterocycles. The predicted molar refractivity (Wildman–Crippen MR) is 116 cm³/mol. The van der Waals surface area contributed by atoms with Crippen LogP contribution < -0.4 is 14.2 Å². The van der Waals surface area contributed by atoms with Crippen molar-refractivity contribution >= 4 is 22.7 Å². The minimum absolute atomic E-state index is 0.219. The predicted octanol–water partition coefficient (Wildman–Crippen LogP) is 5.90. The minimum Gasteiger partial charge on any atom is -0.453 e. The van der Waals surface area contributed by atoms with E-state index in [1.54, 1.807) is 32.0 Å². The second-order valence-corrected chi connectivity index (χ2v) is 7.01. The third kappa shape index (κ3) is 4.58. The Morgan fingerprint density at radius 1 is 0.767 bits per heavy atom. The van der Waals surface area contributed by atoms with Crippen LogP contribution in [0.5, 0.6) is 23.0 Å². The molecule has 0 atom stereocenters. The largest absolute Gasteiger partial charge is 0.453 e. The molecule has 0 aliphatic rings. The number of fused-ring (bicyclic) bond motifs is 1. The number of rotatable bonds is 6. The monoisotopic (exact) mass is 402 g/mol. The van der Waals surface area contributed by atoms with Crippen LogP contribution in [-0.4, -0.2) is 11.9 Å². The summed E-state index contributed by atoms with van der Waals surface area (Å²) in [6, 6.07) is 16.1. The van der Waals surface area contributed by atoms with Crippen molar-refractivity contribution in [3.8, 4) is 23.0 Å². The summed E-state index contributed by atoms with van der Waals surface area (Å²) in [6.45, 7) is 12.3. The van der Waals surface area contributed by atoms with Crippen LogP contribution in [0, 0.1) is 6.92 Å². The SMILES string of the molecule is C=C(C)C(=O)Oc1cc(Oc2ccccc2)c(OC(=O)C(=C)C)c2ccc(C)cc12. The highest BCUT2D eigenvalue weighted by atomic mass is 16.6. The van der Waals surface area contributed by atoms with Crippen molar-refractivity contribution in [2.45, 2.75) is 20.8 Å². The Morgan fingerprint density at radius 3 is 2.03 bits per heavy atom. The Balaban J connectivity index is 2.24. The number of benzene rings is 3. The van der Waals surface area contributed by atoms with Gasteiger partial charge in [-0.25, -0.2) is 9.59 Å². The highest BCUT2D eigenvalue weighted by Gasteiger charge is 2.21. The van der Waals surface area contributed by atoms with Gasteiger partial charge in [-0.2, -0.15) is 0 Å². The first-order chi connectivity index (χ1) is 14.3. The fourth-order valence-electron chi connectivity index (χ4n) is 2.70. The zero-order valence-electron chi connectivity index (χ0n) is 17.2. The van der Waals surface area contributed by atoms with Crippen molar-refractivity contribution in [2.75, 3.05) is 0 Å². The van der Waals surface area contributed by atoms with Crippen LogP contribution in [0.2, 0.25) is 0 Å². The number of ether oxygens (including phenoxy) is 3. The van der Waals surface area contributed by atoms with Gasteiger partial charge in [0, 0.05) is 28.0 Å². The summed E-state index contributed by atoms with van der Waals surface area (Å²) < 4.78 is 17.2. The molecule has 0 aliphatic heterocycles. The fraction of sp³-hybridized carbons (Fsp3) is 0.120. The lowest BCUT2D eigenvalue weighted by atomic mass is 10.0. The standard InChI is InChI=1S/C25H22O5/c1-15(2)24(26)29-21-14-22(28-18-9-7-6-8-10-18)23(30-25(27)16(3)4)19-12-11-17(5)13-20(19)21/h6-14H,1,3H2,2,4-5H3. The molecule has 0 amide bonds. The second kappa shape index (κ2) is 8.66. The van der Waals surface area contributed by atoms with Gasteiger partial charge >= 0.3 is 11.9 Å². The van der Waals surface area contributed by atoms with E-state index in [-0.39, 0.29) is 28.4 Å². The number of hydrogen-bond acceptors (Lipinski definition) is 5. The van der Waals surface area contributed by atoms with Gasteiger partial charge in [0.25, 0.3) is 0 Å². The Hall–Kier alpha value is -3.86. The van der Waals surface area contributed by atoms with Crippen LogP contribution in [0.25, 0.3) is 10.8 Å². The van der Waals surface area contributed by atoms with Crippen LogP contribution in [0.1, 0.15) is 19.4 Å². The molecular formula is C25H22O5. The van der Waals surface area contributed by atoms with Crippen molar-refractivity contribution in [1.29, 1.82) is 0 Å². The van der Waals surface area contributed by atoms with Crippen LogP contribution >= 0.6 is 0 Å². The van der Waals surface area contributed by atoms with E-state index < -0.39 is 11.9 Å². The molecular weight excluding hydrogens is 380 g/mol. The Bertz CT molecular complexity index is 1160. The van der Waals surface area contributed by atoms with Crippen molar-refractivity contribution < 1.29 is 23.8 Å². The van der Waals surface area contributed by atoms with Gasteiger partial charge in [0.2, 0.25) is 0 Å². The van der Waals surface area contributed by atoms with Crippen molar-refractivity contribution in [2.24, 2.45) is 0 Å². The first-order valence-electron chi connectivity index (χ1n) is 9.32. The summed E-state index contributed by atoms with van der Waals surface area (Å²) in [5, 5.41) is 1.17. The molecule has 0 N–H and O–H groups in total. The van der Waals surface area contributed by atoms with E-state index in [2.05, 4.69) is 13.2 Å². The van der Waals surface area contributed by atoms with Crippen LogP contribution in [0.3, 0.4) is 0 Å². The van der Waals surface area contributed by atoms with E-state index in [1.807, 2.05) is 37.3 Å². The number of carbonyl (C=O) groups excluding carboxylic acids is 2. The van der Waals surface area contributed by atoms with E-state index in [0.29, 0.717) is 16.5 Å². The molecule has 30 heavy (non-hydrogen) atoms. The molecule has 0 saturated carbocycles. The highest BCUT2D eigenvalue weighted by molar-refractivity contribution is 6.01. The zero-order chi connectivity index (χ0) is 21.8. The maximum absolute atomic E-state index is 12.3. The molecule has 0 unspecified atom stereocenters. The summed E-state index contributed by atoms with van der Waals surface area (Å²) in [5.74, 6) is 0.127. The van der Waals surface area contributed by atoms with Crippen molar-refractivity contribution in [3.63, 3.8) is 0 Å². The summed E-state index contributed by atoms with van der Waals surface area (Å²) in [7, 11) is 0. The highest BCUT2D eigenvalue weighted by Crippen LogP contribution is 2.44. The summed E-state index contributed by atoms with van der Waals surface area (Å²) in [5.41, 5.74) is 1.46. The van der Waals surface area contributed by atoms with Gasteiger partial charge in [0.1, 0.15) is 11.5 Å². The summed E-state index contributed by atoms with van der Waals surface area (Å²) in [6.07, 6.45) is 0. The molecule has 5 heteroatoms. The number of para-hydroxylation sites is 1. The third-order valence-corrected chi connectivity index (χ3v) is 4.24. The normalized spacial score (nSPS) is 10.4. The number of esters is 2. The fourth-order valence-corrected chi connectivity index (χ4v) is 2.70. The van der Waals surface area contributed by atoms with Gasteiger partial charge in [-0.3, -0.25) is 0 Å². The molecule has 0 radical (unpaired) electrons. The Labute approximate surface area is 175 Å². The molecule has 3 aromatic carbocycles.